The SMILES string of the molecule is C=C1N(C(C)(C)C)C(=O)OC12CCN(C(=O)N1CCCCC1)CC2. The van der Waals surface area contributed by atoms with E-state index in [1.54, 1.807) is 4.90 Å². The number of amides is 3. The van der Waals surface area contributed by atoms with Gasteiger partial charge in [0.1, 0.15) is 0 Å². The molecular weight excluding hydrogens is 306 g/mol. The predicted molar refractivity (Wildman–Crippen MR) is 91.6 cm³/mol. The van der Waals surface area contributed by atoms with E-state index in [1.165, 1.54) is 6.42 Å². The monoisotopic (exact) mass is 335 g/mol. The Kier molecular flexibility index (Phi) is 4.26. The second-order valence-electron chi connectivity index (χ2n) is 8.13. The van der Waals surface area contributed by atoms with Crippen LogP contribution in [0.2, 0.25) is 0 Å². The van der Waals surface area contributed by atoms with Crippen LogP contribution in [-0.2, 0) is 4.74 Å². The highest BCUT2D eigenvalue weighted by Gasteiger charge is 2.53. The molecule has 6 nitrogen and oxygen atoms in total. The van der Waals surface area contributed by atoms with Gasteiger partial charge in [0, 0.05) is 44.6 Å². The summed E-state index contributed by atoms with van der Waals surface area (Å²) < 4.78 is 5.75. The van der Waals surface area contributed by atoms with E-state index in [2.05, 4.69) is 6.58 Å². The van der Waals surface area contributed by atoms with Crippen molar-refractivity contribution in [1.82, 2.24) is 14.7 Å². The summed E-state index contributed by atoms with van der Waals surface area (Å²) in [6.07, 6.45) is 4.35. The molecule has 134 valence electrons. The summed E-state index contributed by atoms with van der Waals surface area (Å²) in [6, 6.07) is 0.132. The zero-order valence-electron chi connectivity index (χ0n) is 15.1. The largest absolute Gasteiger partial charge is 0.436 e. The Bertz CT molecular complexity index is 538. The van der Waals surface area contributed by atoms with E-state index in [0.717, 1.165) is 31.6 Å². The minimum Gasteiger partial charge on any atom is -0.436 e. The molecule has 3 saturated heterocycles. The average molecular weight is 335 g/mol. The first kappa shape index (κ1) is 17.1. The summed E-state index contributed by atoms with van der Waals surface area (Å²) in [7, 11) is 0. The topological polar surface area (TPSA) is 53.1 Å². The van der Waals surface area contributed by atoms with Crippen LogP contribution in [0.5, 0.6) is 0 Å². The fourth-order valence-corrected chi connectivity index (χ4v) is 4.00. The molecule has 0 radical (unpaired) electrons. The number of hydrogen-bond donors (Lipinski definition) is 0. The van der Waals surface area contributed by atoms with Gasteiger partial charge < -0.3 is 14.5 Å². The molecule has 0 unspecified atom stereocenters. The van der Waals surface area contributed by atoms with Gasteiger partial charge in [0.05, 0.1) is 5.70 Å². The summed E-state index contributed by atoms with van der Waals surface area (Å²) in [6.45, 7) is 13.0. The van der Waals surface area contributed by atoms with Crippen LogP contribution in [0.1, 0.15) is 52.9 Å². The van der Waals surface area contributed by atoms with Gasteiger partial charge in [0.2, 0.25) is 0 Å². The van der Waals surface area contributed by atoms with Gasteiger partial charge in [-0.2, -0.15) is 0 Å². The van der Waals surface area contributed by atoms with Crippen molar-refractivity contribution in [3.05, 3.63) is 12.3 Å². The Labute approximate surface area is 144 Å². The van der Waals surface area contributed by atoms with Crippen LogP contribution in [0.15, 0.2) is 12.3 Å². The summed E-state index contributed by atoms with van der Waals surface area (Å²) in [4.78, 5) is 30.5. The minimum absolute atomic E-state index is 0.132. The molecule has 0 bridgehead atoms. The molecule has 1 spiro atoms. The lowest BCUT2D eigenvalue weighted by Gasteiger charge is -2.41. The third-order valence-corrected chi connectivity index (χ3v) is 5.40. The van der Waals surface area contributed by atoms with Crippen molar-refractivity contribution in [2.24, 2.45) is 0 Å². The van der Waals surface area contributed by atoms with Crippen LogP contribution in [-0.4, -0.2) is 64.1 Å². The van der Waals surface area contributed by atoms with E-state index in [-0.39, 0.29) is 17.7 Å². The first-order chi connectivity index (χ1) is 11.2. The maximum absolute atomic E-state index is 12.6. The van der Waals surface area contributed by atoms with Crippen molar-refractivity contribution >= 4 is 12.1 Å². The lowest BCUT2D eigenvalue weighted by atomic mass is 9.87. The number of carbonyl (C=O) groups is 2. The first-order valence-corrected chi connectivity index (χ1v) is 9.01. The molecule has 0 aliphatic carbocycles. The number of ether oxygens (including phenoxy) is 1. The van der Waals surface area contributed by atoms with Gasteiger partial charge in [-0.15, -0.1) is 0 Å². The van der Waals surface area contributed by atoms with E-state index in [1.807, 2.05) is 30.6 Å². The van der Waals surface area contributed by atoms with Crippen LogP contribution in [0, 0.1) is 0 Å². The molecule has 3 fully saturated rings. The van der Waals surface area contributed by atoms with Gasteiger partial charge in [-0.1, -0.05) is 6.58 Å². The van der Waals surface area contributed by atoms with Gasteiger partial charge in [-0.05, 0) is 40.0 Å². The molecule has 0 saturated carbocycles. The Morgan fingerprint density at radius 1 is 1.04 bits per heavy atom. The second kappa shape index (κ2) is 5.97. The van der Waals surface area contributed by atoms with Crippen molar-refractivity contribution in [3.63, 3.8) is 0 Å². The van der Waals surface area contributed by atoms with E-state index < -0.39 is 5.60 Å². The molecular formula is C18H29N3O3. The molecule has 3 rings (SSSR count). The molecule has 3 aliphatic heterocycles. The van der Waals surface area contributed by atoms with Crippen molar-refractivity contribution in [2.75, 3.05) is 26.2 Å². The lowest BCUT2D eigenvalue weighted by molar-refractivity contribution is 0.0186. The summed E-state index contributed by atoms with van der Waals surface area (Å²) >= 11 is 0. The van der Waals surface area contributed by atoms with Gasteiger partial charge in [0.15, 0.2) is 5.60 Å². The molecule has 3 heterocycles. The van der Waals surface area contributed by atoms with E-state index in [9.17, 15) is 9.59 Å². The van der Waals surface area contributed by atoms with E-state index >= 15 is 0 Å². The Hall–Kier alpha value is -1.72. The van der Waals surface area contributed by atoms with Gasteiger partial charge in [-0.3, -0.25) is 4.90 Å². The number of nitrogens with zero attached hydrogens (tertiary/aromatic N) is 3. The second-order valence-corrected chi connectivity index (χ2v) is 8.13. The zero-order valence-corrected chi connectivity index (χ0v) is 15.1. The number of piperidine rings is 2. The van der Waals surface area contributed by atoms with Crippen LogP contribution in [0.4, 0.5) is 9.59 Å². The van der Waals surface area contributed by atoms with Gasteiger partial charge in [-0.25, -0.2) is 9.59 Å². The molecule has 0 aromatic heterocycles. The van der Waals surface area contributed by atoms with Crippen molar-refractivity contribution < 1.29 is 14.3 Å². The number of likely N-dealkylation sites (tertiary alicyclic amines) is 2. The molecule has 24 heavy (non-hydrogen) atoms. The zero-order chi connectivity index (χ0) is 17.5. The highest BCUT2D eigenvalue weighted by molar-refractivity contribution is 5.77. The van der Waals surface area contributed by atoms with Crippen molar-refractivity contribution in [1.29, 1.82) is 0 Å². The Morgan fingerprint density at radius 2 is 1.58 bits per heavy atom. The number of urea groups is 1. The molecule has 3 aliphatic rings. The summed E-state index contributed by atoms with van der Waals surface area (Å²) in [5.74, 6) is 0. The standard InChI is InChI=1S/C18H29N3O3/c1-14-18(24-16(23)21(14)17(2,3)4)8-12-20(13-9-18)15(22)19-10-6-5-7-11-19/h1,5-13H2,2-4H3. The normalized spacial score (nSPS) is 24.5. The van der Waals surface area contributed by atoms with Crippen LogP contribution in [0.3, 0.4) is 0 Å². The van der Waals surface area contributed by atoms with Gasteiger partial charge in [0.25, 0.3) is 0 Å². The predicted octanol–water partition coefficient (Wildman–Crippen LogP) is 3.19. The number of hydrogen-bond acceptors (Lipinski definition) is 3. The smallest absolute Gasteiger partial charge is 0.415 e. The maximum atomic E-state index is 12.6. The van der Waals surface area contributed by atoms with Crippen molar-refractivity contribution in [2.45, 2.75) is 64.0 Å². The summed E-state index contributed by atoms with van der Waals surface area (Å²) in [5.41, 5.74) is -0.244. The average Bonchev–Trinajstić information content (AvgIpc) is 2.78. The third kappa shape index (κ3) is 2.87. The molecule has 0 N–H and O–H groups in total. The Morgan fingerprint density at radius 3 is 2.08 bits per heavy atom. The number of carbonyl (C=O) groups excluding carboxylic acids is 2. The van der Waals surface area contributed by atoms with Crippen LogP contribution >= 0.6 is 0 Å². The highest BCUT2D eigenvalue weighted by Crippen LogP contribution is 2.43. The fraction of sp³-hybridized carbons (Fsp3) is 0.778. The molecule has 3 amide bonds. The maximum Gasteiger partial charge on any atom is 0.415 e. The van der Waals surface area contributed by atoms with E-state index in [0.29, 0.717) is 25.9 Å². The van der Waals surface area contributed by atoms with Crippen molar-refractivity contribution in [3.8, 4) is 0 Å². The first-order valence-electron chi connectivity index (χ1n) is 9.01. The minimum atomic E-state index is -0.636. The lowest BCUT2D eigenvalue weighted by Crippen LogP contribution is -2.52. The van der Waals surface area contributed by atoms with E-state index in [4.69, 9.17) is 4.74 Å². The molecule has 0 aromatic carbocycles. The Balaban J connectivity index is 1.65. The van der Waals surface area contributed by atoms with Crippen LogP contribution in [0.25, 0.3) is 0 Å². The third-order valence-electron chi connectivity index (χ3n) is 5.40. The highest BCUT2D eigenvalue weighted by atomic mass is 16.6. The summed E-state index contributed by atoms with van der Waals surface area (Å²) in [5, 5.41) is 0. The molecule has 0 aromatic rings. The molecule has 6 heteroatoms. The fourth-order valence-electron chi connectivity index (χ4n) is 4.00. The quantitative estimate of drug-likeness (QED) is 0.683. The molecule has 0 atom stereocenters. The number of rotatable bonds is 0. The van der Waals surface area contributed by atoms with Gasteiger partial charge >= 0.3 is 12.1 Å². The van der Waals surface area contributed by atoms with Crippen LogP contribution < -0.4 is 0 Å².